The molecule has 0 saturated heterocycles. The fourth-order valence-corrected chi connectivity index (χ4v) is 3.47. The van der Waals surface area contributed by atoms with Crippen LogP contribution in [0.25, 0.3) is 0 Å². The highest BCUT2D eigenvalue weighted by atomic mass is 35.5. The number of aromatic nitrogens is 4. The maximum absolute atomic E-state index is 13.6. The van der Waals surface area contributed by atoms with Crippen LogP contribution >= 0.6 is 11.6 Å². The number of fused-ring (bicyclic) bond motifs is 1. The second-order valence-electron chi connectivity index (χ2n) is 6.93. The van der Waals surface area contributed by atoms with Crippen molar-refractivity contribution in [1.29, 1.82) is 5.26 Å². The molecule has 0 bridgehead atoms. The van der Waals surface area contributed by atoms with Gasteiger partial charge in [-0.05, 0) is 24.3 Å². The number of ether oxygens (including phenoxy) is 1. The van der Waals surface area contributed by atoms with E-state index in [0.717, 1.165) is 17.0 Å². The van der Waals surface area contributed by atoms with Gasteiger partial charge in [0, 0.05) is 18.0 Å². The van der Waals surface area contributed by atoms with Crippen molar-refractivity contribution in [2.75, 3.05) is 11.4 Å². The first-order valence-corrected chi connectivity index (χ1v) is 9.70. The zero-order valence-corrected chi connectivity index (χ0v) is 17.3. The summed E-state index contributed by atoms with van der Waals surface area (Å²) in [6.45, 7) is -0.0771. The van der Waals surface area contributed by atoms with Crippen molar-refractivity contribution in [3.8, 4) is 17.6 Å². The van der Waals surface area contributed by atoms with E-state index in [0.29, 0.717) is 5.56 Å². The quantitative estimate of drug-likeness (QED) is 0.562. The molecule has 9 nitrogen and oxygen atoms in total. The van der Waals surface area contributed by atoms with Gasteiger partial charge in [-0.1, -0.05) is 11.6 Å². The van der Waals surface area contributed by atoms with Gasteiger partial charge < -0.3 is 9.64 Å². The average molecular weight is 477 g/mol. The Morgan fingerprint density at radius 1 is 1.24 bits per heavy atom. The molecular weight excluding hydrogens is 465 g/mol. The molecule has 2 aromatic heterocycles. The minimum atomic E-state index is -4.99. The molecule has 1 aliphatic rings. The number of carbonyl (C=O) groups is 1. The van der Waals surface area contributed by atoms with Crippen LogP contribution in [0.1, 0.15) is 28.0 Å². The van der Waals surface area contributed by atoms with E-state index >= 15 is 0 Å². The van der Waals surface area contributed by atoms with Crippen LogP contribution in [0.4, 0.5) is 19.0 Å². The maximum Gasteiger partial charge on any atom is 0.437 e. The lowest BCUT2D eigenvalue weighted by Gasteiger charge is -2.29. The number of ketones is 1. The van der Waals surface area contributed by atoms with Gasteiger partial charge in [0.05, 0.1) is 29.7 Å². The number of halogens is 4. The molecule has 0 atom stereocenters. The Morgan fingerprint density at radius 3 is 2.76 bits per heavy atom. The number of alkyl halides is 3. The summed E-state index contributed by atoms with van der Waals surface area (Å²) >= 11 is 5.88. The topological polar surface area (TPSA) is 114 Å². The Labute approximate surface area is 188 Å². The molecule has 4 rings (SSSR count). The Hall–Kier alpha value is -3.98. The Balaban J connectivity index is 1.76. The van der Waals surface area contributed by atoms with Crippen molar-refractivity contribution in [2.24, 2.45) is 0 Å². The molecule has 0 radical (unpaired) electrons. The minimum Gasteiger partial charge on any atom is -0.449 e. The average Bonchev–Trinajstić information content (AvgIpc) is 2.77. The number of hydrogen-bond acceptors (Lipinski definition) is 8. The third-order valence-electron chi connectivity index (χ3n) is 4.72. The van der Waals surface area contributed by atoms with E-state index in [1.807, 2.05) is 0 Å². The number of nitriles is 1. The van der Waals surface area contributed by atoms with Crippen LogP contribution < -0.4 is 15.2 Å². The number of anilines is 1. The smallest absolute Gasteiger partial charge is 0.437 e. The molecule has 0 N–H and O–H groups in total. The molecule has 0 spiro atoms. The normalized spacial score (nSPS) is 13.4. The van der Waals surface area contributed by atoms with Crippen molar-refractivity contribution in [3.63, 3.8) is 0 Å². The molecule has 1 aliphatic heterocycles. The molecule has 0 unspecified atom stereocenters. The second-order valence-corrected chi connectivity index (χ2v) is 7.37. The summed E-state index contributed by atoms with van der Waals surface area (Å²) in [5.41, 5.74) is -2.33. The Kier molecular flexibility index (Phi) is 5.73. The van der Waals surface area contributed by atoms with E-state index in [4.69, 9.17) is 21.6 Å². The third kappa shape index (κ3) is 4.49. The van der Waals surface area contributed by atoms with Gasteiger partial charge in [-0.15, -0.1) is 5.10 Å². The molecule has 168 valence electrons. The van der Waals surface area contributed by atoms with Crippen LogP contribution in [0.15, 0.2) is 41.6 Å². The molecule has 0 saturated carbocycles. The van der Waals surface area contributed by atoms with E-state index in [2.05, 4.69) is 15.2 Å². The Morgan fingerprint density at radius 2 is 2.03 bits per heavy atom. The summed E-state index contributed by atoms with van der Waals surface area (Å²) < 4.78 is 46.8. The molecule has 0 amide bonds. The standard InChI is InChI=1S/C20H12ClF3N6O3/c21-12-5-11(8-25)6-13(7-12)33-16-17(20(22,23)24)26-9-30(19(16)32)10-29-4-2-15(31)14-1-3-27-28-18(14)29/h1,3,5-7,9H,2,4,10H2. The summed E-state index contributed by atoms with van der Waals surface area (Å²) in [6, 6.07) is 6.88. The van der Waals surface area contributed by atoms with E-state index < -0.39 is 23.2 Å². The SMILES string of the molecule is N#Cc1cc(Cl)cc(Oc2c(C(F)(F)F)ncn(CN3CCC(=O)c4ccnnc43)c2=O)c1. The van der Waals surface area contributed by atoms with Crippen molar-refractivity contribution in [3.05, 3.63) is 69.0 Å². The monoisotopic (exact) mass is 476 g/mol. The fourth-order valence-electron chi connectivity index (χ4n) is 3.24. The largest absolute Gasteiger partial charge is 0.449 e. The van der Waals surface area contributed by atoms with Gasteiger partial charge in [-0.25, -0.2) is 4.98 Å². The lowest BCUT2D eigenvalue weighted by molar-refractivity contribution is -0.142. The van der Waals surface area contributed by atoms with Crippen LogP contribution in [-0.2, 0) is 12.8 Å². The minimum absolute atomic E-state index is 0.0310. The van der Waals surface area contributed by atoms with Crippen LogP contribution in [0.5, 0.6) is 11.5 Å². The maximum atomic E-state index is 13.6. The highest BCUT2D eigenvalue weighted by Gasteiger charge is 2.39. The lowest BCUT2D eigenvalue weighted by Crippen LogP contribution is -2.38. The van der Waals surface area contributed by atoms with Gasteiger partial charge in [0.15, 0.2) is 17.3 Å². The van der Waals surface area contributed by atoms with Crippen LogP contribution in [0.2, 0.25) is 5.02 Å². The molecule has 0 aliphatic carbocycles. The van der Waals surface area contributed by atoms with Gasteiger partial charge in [0.25, 0.3) is 5.56 Å². The van der Waals surface area contributed by atoms with Crippen molar-refractivity contribution < 1.29 is 22.7 Å². The van der Waals surface area contributed by atoms with Gasteiger partial charge >= 0.3 is 6.18 Å². The van der Waals surface area contributed by atoms with E-state index in [1.54, 1.807) is 6.07 Å². The van der Waals surface area contributed by atoms with Gasteiger partial charge in [0.1, 0.15) is 12.4 Å². The van der Waals surface area contributed by atoms with E-state index in [1.165, 1.54) is 29.3 Å². The molecule has 33 heavy (non-hydrogen) atoms. The van der Waals surface area contributed by atoms with Crippen molar-refractivity contribution in [2.45, 2.75) is 19.3 Å². The molecular formula is C20H12ClF3N6O3. The Bertz CT molecular complexity index is 1350. The summed E-state index contributed by atoms with van der Waals surface area (Å²) in [5.74, 6) is -1.27. The number of benzene rings is 1. The molecule has 0 fully saturated rings. The molecule has 1 aromatic carbocycles. The zero-order valence-electron chi connectivity index (χ0n) is 16.5. The van der Waals surface area contributed by atoms with Crippen molar-refractivity contribution >= 4 is 23.2 Å². The summed E-state index contributed by atoms with van der Waals surface area (Å²) in [5, 5.41) is 16.7. The highest BCUT2D eigenvalue weighted by Crippen LogP contribution is 2.35. The van der Waals surface area contributed by atoms with Crippen LogP contribution in [0, 0.1) is 11.3 Å². The third-order valence-corrected chi connectivity index (χ3v) is 4.94. The predicted molar refractivity (Wildman–Crippen MR) is 108 cm³/mol. The fraction of sp³-hybridized carbons (Fsp3) is 0.200. The molecule has 3 heterocycles. The molecule has 3 aromatic rings. The van der Waals surface area contributed by atoms with Gasteiger partial charge in [-0.3, -0.25) is 14.2 Å². The number of carbonyl (C=O) groups excluding carboxylic acids is 1. The van der Waals surface area contributed by atoms with E-state index in [-0.39, 0.29) is 47.6 Å². The number of hydrogen-bond donors (Lipinski definition) is 0. The van der Waals surface area contributed by atoms with Crippen LogP contribution in [0.3, 0.4) is 0 Å². The number of nitrogens with zero attached hydrogens (tertiary/aromatic N) is 6. The van der Waals surface area contributed by atoms with Crippen LogP contribution in [-0.4, -0.2) is 32.1 Å². The van der Waals surface area contributed by atoms with Crippen molar-refractivity contribution in [1.82, 2.24) is 19.7 Å². The zero-order chi connectivity index (χ0) is 23.8. The summed E-state index contributed by atoms with van der Waals surface area (Å²) in [4.78, 5) is 30.0. The number of Topliss-reactive ketones (excluding diaryl/α,β-unsaturated/α-hetero) is 1. The lowest BCUT2D eigenvalue weighted by atomic mass is 10.1. The van der Waals surface area contributed by atoms with E-state index in [9.17, 15) is 22.8 Å². The second kappa shape index (κ2) is 8.51. The first kappa shape index (κ1) is 22.2. The van der Waals surface area contributed by atoms with Gasteiger partial charge in [0.2, 0.25) is 5.75 Å². The number of rotatable bonds is 4. The molecule has 13 heteroatoms. The first-order chi connectivity index (χ1) is 15.7. The predicted octanol–water partition coefficient (Wildman–Crippen LogP) is 3.42. The highest BCUT2D eigenvalue weighted by molar-refractivity contribution is 6.30. The summed E-state index contributed by atoms with van der Waals surface area (Å²) in [7, 11) is 0. The summed E-state index contributed by atoms with van der Waals surface area (Å²) in [6.07, 6.45) is -2.77. The first-order valence-electron chi connectivity index (χ1n) is 9.32. The van der Waals surface area contributed by atoms with Gasteiger partial charge in [-0.2, -0.15) is 23.5 Å².